The normalized spacial score (nSPS) is 25.9. The zero-order chi connectivity index (χ0) is 9.97. The fraction of sp³-hybridized carbons (Fsp3) is 0.778. The molecule has 0 aromatic heterocycles. The van der Waals surface area contributed by atoms with E-state index in [1.165, 1.54) is 0 Å². The van der Waals surface area contributed by atoms with Gasteiger partial charge in [-0.05, 0) is 6.92 Å². The summed E-state index contributed by atoms with van der Waals surface area (Å²) in [4.78, 5) is 10.9. The number of rotatable bonds is 2. The predicted octanol–water partition coefficient (Wildman–Crippen LogP) is -0.732. The van der Waals surface area contributed by atoms with Gasteiger partial charge in [0.05, 0.1) is 25.0 Å². The summed E-state index contributed by atoms with van der Waals surface area (Å²) in [7, 11) is 2.09. The summed E-state index contributed by atoms with van der Waals surface area (Å²) < 4.78 is 0. The Hall–Kier alpha value is -1.26. The Morgan fingerprint density at radius 2 is 2.43 bits per heavy atom. The van der Waals surface area contributed by atoms with Gasteiger partial charge in [0.25, 0.3) is 0 Å². The van der Waals surface area contributed by atoms with E-state index in [-0.39, 0.29) is 0 Å². The van der Waals surface area contributed by atoms with Gasteiger partial charge in [0.15, 0.2) is 5.96 Å². The molecule has 0 aromatic carbocycles. The molecule has 0 aromatic rings. The summed E-state index contributed by atoms with van der Waals surface area (Å²) >= 11 is 0. The van der Waals surface area contributed by atoms with Crippen LogP contribution in [0.1, 0.15) is 6.92 Å². The Balaban J connectivity index is 1.77. The van der Waals surface area contributed by atoms with E-state index in [1.54, 1.807) is 0 Å². The van der Waals surface area contributed by atoms with Gasteiger partial charge in [-0.25, -0.2) is 0 Å². The third-order valence-corrected chi connectivity index (χ3v) is 2.77. The lowest BCUT2D eigenvalue weighted by molar-refractivity contribution is 0.398. The molecule has 0 amide bonds. The molecule has 5 nitrogen and oxygen atoms in total. The molecule has 0 saturated heterocycles. The highest BCUT2D eigenvalue weighted by Gasteiger charge is 2.21. The van der Waals surface area contributed by atoms with Crippen LogP contribution in [0, 0.1) is 0 Å². The van der Waals surface area contributed by atoms with Gasteiger partial charge in [-0.1, -0.05) is 0 Å². The van der Waals surface area contributed by atoms with Crippen molar-refractivity contribution in [2.24, 2.45) is 9.98 Å². The van der Waals surface area contributed by atoms with E-state index < -0.39 is 0 Å². The molecule has 2 aliphatic heterocycles. The van der Waals surface area contributed by atoms with Crippen molar-refractivity contribution in [1.82, 2.24) is 15.5 Å². The summed E-state index contributed by atoms with van der Waals surface area (Å²) in [6, 6.07) is 0.472. The Bertz CT molecular complexity index is 270. The molecule has 0 aliphatic carbocycles. The zero-order valence-corrected chi connectivity index (χ0v) is 8.75. The first-order chi connectivity index (χ1) is 6.77. The number of likely N-dealkylation sites (N-methyl/N-ethyl adjacent to an activating group) is 1. The van der Waals surface area contributed by atoms with Crippen molar-refractivity contribution in [3.63, 3.8) is 0 Å². The van der Waals surface area contributed by atoms with Crippen molar-refractivity contribution >= 4 is 11.8 Å². The van der Waals surface area contributed by atoms with Crippen LogP contribution in [-0.4, -0.2) is 56.0 Å². The second-order valence-electron chi connectivity index (χ2n) is 3.69. The van der Waals surface area contributed by atoms with Gasteiger partial charge in [0.1, 0.15) is 0 Å². The smallest absolute Gasteiger partial charge is 0.191 e. The van der Waals surface area contributed by atoms with Gasteiger partial charge < -0.3 is 15.5 Å². The highest BCUT2D eigenvalue weighted by atomic mass is 15.3. The summed E-state index contributed by atoms with van der Waals surface area (Å²) in [5, 5.41) is 6.49. The predicted molar refractivity (Wildman–Crippen MR) is 57.8 cm³/mol. The van der Waals surface area contributed by atoms with Crippen LogP contribution in [0.25, 0.3) is 0 Å². The molecule has 1 unspecified atom stereocenters. The van der Waals surface area contributed by atoms with E-state index in [0.717, 1.165) is 38.0 Å². The molecule has 2 N–H and O–H groups in total. The third-order valence-electron chi connectivity index (χ3n) is 2.77. The van der Waals surface area contributed by atoms with E-state index >= 15 is 0 Å². The van der Waals surface area contributed by atoms with Crippen LogP contribution < -0.4 is 10.6 Å². The van der Waals surface area contributed by atoms with Crippen LogP contribution in [-0.2, 0) is 0 Å². The molecule has 2 aliphatic rings. The molecule has 0 saturated carbocycles. The average molecular weight is 195 g/mol. The van der Waals surface area contributed by atoms with Crippen LogP contribution in [0.4, 0.5) is 0 Å². The van der Waals surface area contributed by atoms with Gasteiger partial charge in [0.2, 0.25) is 0 Å². The van der Waals surface area contributed by atoms with Crippen molar-refractivity contribution in [3.05, 3.63) is 0 Å². The maximum absolute atomic E-state index is 4.39. The lowest BCUT2D eigenvalue weighted by Crippen LogP contribution is -2.44. The van der Waals surface area contributed by atoms with Crippen LogP contribution in [0.5, 0.6) is 0 Å². The first-order valence-corrected chi connectivity index (χ1v) is 5.03. The topological polar surface area (TPSA) is 52.0 Å². The standard InChI is InChI=1S/C9H17N5/c1-7-12-5-8(14(7)2)6-13-9-10-3-4-11-9/h8H,3-6H2,1-2H3,(H2,10,11,13). The lowest BCUT2D eigenvalue weighted by Gasteiger charge is -2.22. The Morgan fingerprint density at radius 3 is 3.00 bits per heavy atom. The maximum atomic E-state index is 4.39. The molecule has 78 valence electrons. The number of aliphatic imine (C=N–C) groups is 2. The minimum atomic E-state index is 0.472. The van der Waals surface area contributed by atoms with Crippen LogP contribution in [0.15, 0.2) is 9.98 Å². The Morgan fingerprint density at radius 1 is 1.57 bits per heavy atom. The highest BCUT2D eigenvalue weighted by molar-refractivity contribution is 5.82. The fourth-order valence-corrected chi connectivity index (χ4v) is 1.67. The monoisotopic (exact) mass is 195 g/mol. The summed E-state index contributed by atoms with van der Waals surface area (Å²) in [5.74, 6) is 2.06. The van der Waals surface area contributed by atoms with Gasteiger partial charge in [-0.3, -0.25) is 9.98 Å². The third kappa shape index (κ3) is 1.81. The van der Waals surface area contributed by atoms with E-state index in [1.807, 2.05) is 6.92 Å². The van der Waals surface area contributed by atoms with Crippen molar-refractivity contribution in [2.75, 3.05) is 33.2 Å². The van der Waals surface area contributed by atoms with E-state index in [2.05, 4.69) is 32.6 Å². The number of guanidine groups is 1. The van der Waals surface area contributed by atoms with Crippen molar-refractivity contribution < 1.29 is 0 Å². The molecule has 0 spiro atoms. The maximum Gasteiger partial charge on any atom is 0.191 e. The van der Waals surface area contributed by atoms with Gasteiger partial charge in [-0.2, -0.15) is 0 Å². The molecule has 1 atom stereocenters. The second-order valence-corrected chi connectivity index (χ2v) is 3.69. The summed E-state index contributed by atoms with van der Waals surface area (Å²) in [6.45, 7) is 5.69. The molecule has 5 heteroatoms. The molecule has 0 radical (unpaired) electrons. The molecule has 2 rings (SSSR count). The van der Waals surface area contributed by atoms with E-state index in [0.29, 0.717) is 6.04 Å². The Labute approximate surface area is 84.3 Å². The quantitative estimate of drug-likeness (QED) is 0.610. The highest BCUT2D eigenvalue weighted by Crippen LogP contribution is 2.06. The second kappa shape index (κ2) is 3.86. The Kier molecular flexibility index (Phi) is 2.56. The minimum absolute atomic E-state index is 0.472. The number of hydrogen-bond acceptors (Lipinski definition) is 5. The first kappa shape index (κ1) is 9.30. The molecule has 0 fully saturated rings. The summed E-state index contributed by atoms with van der Waals surface area (Å²) in [5.41, 5.74) is 0. The SMILES string of the molecule is CC1=NCC(CNC2=NCCN2)N1C. The zero-order valence-electron chi connectivity index (χ0n) is 8.75. The van der Waals surface area contributed by atoms with Crippen molar-refractivity contribution in [3.8, 4) is 0 Å². The number of nitrogens with zero attached hydrogens (tertiary/aromatic N) is 3. The lowest BCUT2D eigenvalue weighted by atomic mass is 10.3. The molecule has 14 heavy (non-hydrogen) atoms. The minimum Gasteiger partial charge on any atom is -0.357 e. The molecule has 0 bridgehead atoms. The summed E-state index contributed by atoms with van der Waals surface area (Å²) in [6.07, 6.45) is 0. The van der Waals surface area contributed by atoms with Gasteiger partial charge >= 0.3 is 0 Å². The van der Waals surface area contributed by atoms with E-state index in [4.69, 9.17) is 0 Å². The molecule has 2 heterocycles. The van der Waals surface area contributed by atoms with E-state index in [9.17, 15) is 0 Å². The molecular weight excluding hydrogens is 178 g/mol. The van der Waals surface area contributed by atoms with Gasteiger partial charge in [-0.15, -0.1) is 0 Å². The fourth-order valence-electron chi connectivity index (χ4n) is 1.67. The average Bonchev–Trinajstić information content (AvgIpc) is 2.77. The number of hydrogen-bond donors (Lipinski definition) is 2. The van der Waals surface area contributed by atoms with Crippen LogP contribution >= 0.6 is 0 Å². The first-order valence-electron chi connectivity index (χ1n) is 5.03. The largest absolute Gasteiger partial charge is 0.357 e. The van der Waals surface area contributed by atoms with Crippen molar-refractivity contribution in [1.29, 1.82) is 0 Å². The molecular formula is C9H17N5. The van der Waals surface area contributed by atoms with Crippen molar-refractivity contribution in [2.45, 2.75) is 13.0 Å². The van der Waals surface area contributed by atoms with Gasteiger partial charge in [0, 0.05) is 20.1 Å². The number of amidine groups is 1. The van der Waals surface area contributed by atoms with Crippen LogP contribution in [0.2, 0.25) is 0 Å². The van der Waals surface area contributed by atoms with Crippen LogP contribution in [0.3, 0.4) is 0 Å². The number of nitrogens with one attached hydrogen (secondary N) is 2.